The van der Waals surface area contributed by atoms with E-state index in [2.05, 4.69) is 33.9 Å². The first-order valence-corrected chi connectivity index (χ1v) is 12.6. The van der Waals surface area contributed by atoms with Crippen LogP contribution in [0.25, 0.3) is 0 Å². The van der Waals surface area contributed by atoms with E-state index in [4.69, 9.17) is 4.43 Å². The Morgan fingerprint density at radius 3 is 2.44 bits per heavy atom. The molecule has 1 aliphatic rings. The predicted molar refractivity (Wildman–Crippen MR) is 98.5 cm³/mol. The number of rotatable bonds is 5. The Balaban J connectivity index is 2.21. The first-order valence-electron chi connectivity index (χ1n) is 8.27. The van der Waals surface area contributed by atoms with Gasteiger partial charge in [-0.3, -0.25) is 10.1 Å². The summed E-state index contributed by atoms with van der Waals surface area (Å²) in [7, 11) is -5.91. The van der Waals surface area contributed by atoms with Crippen molar-refractivity contribution in [2.24, 2.45) is 0 Å². The summed E-state index contributed by atoms with van der Waals surface area (Å²) < 4.78 is 33.3. The fourth-order valence-electron chi connectivity index (χ4n) is 2.57. The zero-order valence-electron chi connectivity index (χ0n) is 15.4. The zero-order valence-corrected chi connectivity index (χ0v) is 17.2. The standard InChI is InChI=1S/C16H26N2O5SSi/c1-16(2,3)25(4,5)23-13-10-11-17(12-13)24(21,22)15-9-7-6-8-14(15)18(19)20/h6-9,13H,10-12H2,1-5H3. The summed E-state index contributed by atoms with van der Waals surface area (Å²) in [6, 6.07) is 5.46. The van der Waals surface area contributed by atoms with Gasteiger partial charge in [-0.2, -0.15) is 4.31 Å². The van der Waals surface area contributed by atoms with E-state index in [9.17, 15) is 18.5 Å². The largest absolute Gasteiger partial charge is 0.413 e. The van der Waals surface area contributed by atoms with Crippen molar-refractivity contribution in [3.63, 3.8) is 0 Å². The number of nitrogens with zero attached hydrogens (tertiary/aromatic N) is 2. The smallest absolute Gasteiger partial charge is 0.289 e. The van der Waals surface area contributed by atoms with Crippen molar-refractivity contribution in [1.29, 1.82) is 0 Å². The molecular weight excluding hydrogens is 360 g/mol. The van der Waals surface area contributed by atoms with Crippen LogP contribution in [0.2, 0.25) is 18.1 Å². The molecule has 0 radical (unpaired) electrons. The Kier molecular flexibility index (Phi) is 5.44. The quantitative estimate of drug-likeness (QED) is 0.440. The zero-order chi connectivity index (χ0) is 19.0. The Labute approximate surface area is 150 Å². The summed E-state index contributed by atoms with van der Waals surface area (Å²) in [5.41, 5.74) is -0.392. The van der Waals surface area contributed by atoms with E-state index in [1.165, 1.54) is 28.6 Å². The number of benzene rings is 1. The molecule has 0 aromatic heterocycles. The van der Waals surface area contributed by atoms with Crippen molar-refractivity contribution in [2.75, 3.05) is 13.1 Å². The maximum absolute atomic E-state index is 12.8. The molecule has 0 saturated carbocycles. The van der Waals surface area contributed by atoms with Gasteiger partial charge >= 0.3 is 0 Å². The van der Waals surface area contributed by atoms with Gasteiger partial charge in [-0.05, 0) is 30.6 Å². The van der Waals surface area contributed by atoms with Gasteiger partial charge in [0.2, 0.25) is 10.0 Å². The molecule has 1 saturated heterocycles. The van der Waals surface area contributed by atoms with Crippen molar-refractivity contribution in [1.82, 2.24) is 4.31 Å². The first-order chi connectivity index (χ1) is 11.4. The lowest BCUT2D eigenvalue weighted by molar-refractivity contribution is -0.387. The summed E-state index contributed by atoms with van der Waals surface area (Å²) in [4.78, 5) is 10.2. The van der Waals surface area contributed by atoms with Crippen LogP contribution in [0.3, 0.4) is 0 Å². The average Bonchev–Trinajstić information content (AvgIpc) is 2.94. The molecule has 0 aliphatic carbocycles. The monoisotopic (exact) mass is 386 g/mol. The van der Waals surface area contributed by atoms with E-state index in [1.807, 2.05) is 0 Å². The lowest BCUT2D eigenvalue weighted by Gasteiger charge is -2.38. The summed E-state index contributed by atoms with van der Waals surface area (Å²) >= 11 is 0. The average molecular weight is 387 g/mol. The normalized spacial score (nSPS) is 20.0. The fraction of sp³-hybridized carbons (Fsp3) is 0.625. The van der Waals surface area contributed by atoms with Crippen LogP contribution < -0.4 is 0 Å². The molecule has 140 valence electrons. The van der Waals surface area contributed by atoms with E-state index in [1.54, 1.807) is 0 Å². The molecule has 0 N–H and O–H groups in total. The fourth-order valence-corrected chi connectivity index (χ4v) is 5.59. The Hall–Kier alpha value is -1.29. The number of para-hydroxylation sites is 1. The minimum Gasteiger partial charge on any atom is -0.413 e. The number of hydrogen-bond acceptors (Lipinski definition) is 5. The van der Waals surface area contributed by atoms with Crippen molar-refractivity contribution >= 4 is 24.0 Å². The van der Waals surface area contributed by atoms with Crippen molar-refractivity contribution in [2.45, 2.75) is 56.3 Å². The third kappa shape index (κ3) is 4.10. The highest BCUT2D eigenvalue weighted by molar-refractivity contribution is 7.89. The summed E-state index contributed by atoms with van der Waals surface area (Å²) in [6.45, 7) is 11.2. The van der Waals surface area contributed by atoms with Gasteiger partial charge in [-0.1, -0.05) is 32.9 Å². The van der Waals surface area contributed by atoms with Crippen LogP contribution in [-0.2, 0) is 14.4 Å². The molecular formula is C16H26N2O5SSi. The molecule has 2 rings (SSSR count). The third-order valence-corrected chi connectivity index (χ3v) is 11.5. The van der Waals surface area contributed by atoms with Crippen molar-refractivity contribution < 1.29 is 17.8 Å². The molecule has 1 aromatic rings. The second-order valence-corrected chi connectivity index (χ2v) is 14.5. The van der Waals surface area contributed by atoms with Crippen LogP contribution in [-0.4, -0.2) is 45.2 Å². The number of hydrogen-bond donors (Lipinski definition) is 0. The van der Waals surface area contributed by atoms with Crippen LogP contribution in [0.15, 0.2) is 29.2 Å². The Bertz CT molecular complexity index is 758. The van der Waals surface area contributed by atoms with E-state index in [0.717, 1.165) is 0 Å². The number of nitro groups is 1. The van der Waals surface area contributed by atoms with Crippen LogP contribution in [0.4, 0.5) is 5.69 Å². The highest BCUT2D eigenvalue weighted by atomic mass is 32.2. The Morgan fingerprint density at radius 2 is 1.88 bits per heavy atom. The highest BCUT2D eigenvalue weighted by Gasteiger charge is 2.43. The summed E-state index contributed by atoms with van der Waals surface area (Å²) in [5, 5.41) is 11.2. The molecule has 7 nitrogen and oxygen atoms in total. The van der Waals surface area contributed by atoms with Crippen molar-refractivity contribution in [3.8, 4) is 0 Å². The van der Waals surface area contributed by atoms with E-state index in [0.29, 0.717) is 13.0 Å². The highest BCUT2D eigenvalue weighted by Crippen LogP contribution is 2.39. The van der Waals surface area contributed by atoms with Gasteiger partial charge in [0.15, 0.2) is 13.2 Å². The van der Waals surface area contributed by atoms with E-state index < -0.39 is 29.0 Å². The van der Waals surface area contributed by atoms with Crippen LogP contribution >= 0.6 is 0 Å². The Morgan fingerprint density at radius 1 is 1.28 bits per heavy atom. The van der Waals surface area contributed by atoms with Crippen LogP contribution in [0.5, 0.6) is 0 Å². The topological polar surface area (TPSA) is 89.8 Å². The van der Waals surface area contributed by atoms with Gasteiger partial charge in [0, 0.05) is 19.2 Å². The first kappa shape index (κ1) is 20.0. The molecule has 25 heavy (non-hydrogen) atoms. The lowest BCUT2D eigenvalue weighted by atomic mass is 10.2. The lowest BCUT2D eigenvalue weighted by Crippen LogP contribution is -2.44. The van der Waals surface area contributed by atoms with Gasteiger partial charge in [-0.25, -0.2) is 8.42 Å². The van der Waals surface area contributed by atoms with Gasteiger partial charge in [0.05, 0.1) is 11.0 Å². The van der Waals surface area contributed by atoms with Crippen LogP contribution in [0.1, 0.15) is 27.2 Å². The van der Waals surface area contributed by atoms with Crippen molar-refractivity contribution in [3.05, 3.63) is 34.4 Å². The minimum absolute atomic E-state index is 0.0392. The number of nitro benzene ring substituents is 1. The second-order valence-electron chi connectivity index (χ2n) is 7.88. The molecule has 0 amide bonds. The van der Waals surface area contributed by atoms with E-state index in [-0.39, 0.29) is 22.6 Å². The maximum Gasteiger partial charge on any atom is 0.289 e. The predicted octanol–water partition coefficient (Wildman–Crippen LogP) is 3.38. The molecule has 0 spiro atoms. The molecule has 1 unspecified atom stereocenters. The molecule has 1 fully saturated rings. The van der Waals surface area contributed by atoms with Gasteiger partial charge in [0.25, 0.3) is 5.69 Å². The van der Waals surface area contributed by atoms with Gasteiger partial charge in [-0.15, -0.1) is 0 Å². The third-order valence-electron chi connectivity index (χ3n) is 5.06. The maximum atomic E-state index is 12.8. The molecule has 1 aromatic carbocycles. The molecule has 0 bridgehead atoms. The minimum atomic E-state index is -3.91. The molecule has 1 aliphatic heterocycles. The second kappa shape index (κ2) is 6.79. The number of sulfonamides is 1. The van der Waals surface area contributed by atoms with Gasteiger partial charge < -0.3 is 4.43 Å². The molecule has 9 heteroatoms. The molecule has 1 heterocycles. The molecule has 1 atom stereocenters. The SMILES string of the molecule is CC(C)(C)[Si](C)(C)OC1CCN(S(=O)(=O)c2ccccc2[N+](=O)[O-])C1. The van der Waals surface area contributed by atoms with Gasteiger partial charge in [0.1, 0.15) is 0 Å². The van der Waals surface area contributed by atoms with E-state index >= 15 is 0 Å². The summed E-state index contributed by atoms with van der Waals surface area (Å²) in [5.74, 6) is 0. The summed E-state index contributed by atoms with van der Waals surface area (Å²) in [6.07, 6.45) is 0.435. The van der Waals surface area contributed by atoms with Crippen LogP contribution in [0, 0.1) is 10.1 Å².